The third-order valence-corrected chi connectivity index (χ3v) is 5.93. The first kappa shape index (κ1) is 21.5. The number of benzene rings is 1. The van der Waals surface area contributed by atoms with Gasteiger partial charge in [0, 0.05) is 49.8 Å². The minimum atomic E-state index is 0.736. The zero-order valence-electron chi connectivity index (χ0n) is 17.6. The first-order valence-electron chi connectivity index (χ1n) is 10.4. The van der Waals surface area contributed by atoms with Crippen molar-refractivity contribution in [1.29, 1.82) is 0 Å². The maximum absolute atomic E-state index is 5.25. The van der Waals surface area contributed by atoms with Crippen LogP contribution in [-0.2, 0) is 6.54 Å². The second-order valence-electron chi connectivity index (χ2n) is 7.08. The van der Waals surface area contributed by atoms with Gasteiger partial charge in [-0.1, -0.05) is 6.07 Å². The summed E-state index contributed by atoms with van der Waals surface area (Å²) in [7, 11) is 1.71. The molecule has 3 rings (SSSR count). The van der Waals surface area contributed by atoms with E-state index >= 15 is 0 Å². The summed E-state index contributed by atoms with van der Waals surface area (Å²) in [6, 6.07) is 12.6. The van der Waals surface area contributed by atoms with Gasteiger partial charge in [-0.05, 0) is 55.6 Å². The van der Waals surface area contributed by atoms with Crippen LogP contribution in [0.15, 0.2) is 46.8 Å². The summed E-state index contributed by atoms with van der Waals surface area (Å²) in [4.78, 5) is 11.0. The average molecular weight is 416 g/mol. The van der Waals surface area contributed by atoms with Crippen molar-refractivity contribution in [1.82, 2.24) is 15.5 Å². The van der Waals surface area contributed by atoms with Crippen molar-refractivity contribution >= 4 is 23.0 Å². The van der Waals surface area contributed by atoms with Gasteiger partial charge in [-0.2, -0.15) is 0 Å². The Bertz CT molecular complexity index is 724. The zero-order chi connectivity index (χ0) is 20.3. The van der Waals surface area contributed by atoms with Gasteiger partial charge in [-0.3, -0.25) is 4.90 Å². The molecule has 1 fully saturated rings. The number of thiophene rings is 1. The van der Waals surface area contributed by atoms with Crippen LogP contribution in [0.2, 0.25) is 0 Å². The molecule has 158 valence electrons. The number of guanidine groups is 1. The molecule has 1 aliphatic heterocycles. The molecular formula is C22H33N5OS. The van der Waals surface area contributed by atoms with E-state index in [1.807, 2.05) is 12.1 Å². The lowest BCUT2D eigenvalue weighted by Crippen LogP contribution is -2.47. The third-order valence-electron chi connectivity index (χ3n) is 5.07. The lowest BCUT2D eigenvalue weighted by Gasteiger charge is -2.36. The number of rotatable bonds is 9. The summed E-state index contributed by atoms with van der Waals surface area (Å²) >= 11 is 1.75. The van der Waals surface area contributed by atoms with Gasteiger partial charge in [-0.15, -0.1) is 11.3 Å². The Morgan fingerprint density at radius 1 is 1.10 bits per heavy atom. The summed E-state index contributed by atoms with van der Waals surface area (Å²) in [5.41, 5.74) is 1.28. The van der Waals surface area contributed by atoms with Crippen LogP contribution in [0, 0.1) is 0 Å². The molecule has 1 aromatic carbocycles. The molecule has 0 atom stereocenters. The molecule has 0 amide bonds. The number of hydrogen-bond donors (Lipinski definition) is 2. The van der Waals surface area contributed by atoms with Gasteiger partial charge in [0.1, 0.15) is 5.75 Å². The van der Waals surface area contributed by atoms with Gasteiger partial charge >= 0.3 is 0 Å². The first-order chi connectivity index (χ1) is 14.3. The Morgan fingerprint density at radius 2 is 1.90 bits per heavy atom. The second-order valence-corrected chi connectivity index (χ2v) is 8.11. The number of methoxy groups -OCH3 is 1. The molecule has 2 heterocycles. The quantitative estimate of drug-likeness (QED) is 0.375. The van der Waals surface area contributed by atoms with E-state index in [-0.39, 0.29) is 0 Å². The number of aliphatic imine (C=N–C) groups is 1. The Hall–Kier alpha value is -2.25. The highest BCUT2D eigenvalue weighted by molar-refractivity contribution is 7.09. The summed E-state index contributed by atoms with van der Waals surface area (Å²) in [5.74, 6) is 1.82. The van der Waals surface area contributed by atoms with Gasteiger partial charge in [0.2, 0.25) is 0 Å². The number of piperazine rings is 1. The highest BCUT2D eigenvalue weighted by Crippen LogP contribution is 2.20. The smallest absolute Gasteiger partial charge is 0.191 e. The third kappa shape index (κ3) is 6.94. The standard InChI is InChI=1S/C22H33N5OS/c1-3-23-22(25-18-21-6-4-17-29-21)24-11-5-12-26-13-15-27(16-14-26)19-7-9-20(28-2)10-8-19/h4,6-10,17H,3,5,11-16,18H2,1-2H3,(H2,23,24,25). The molecule has 29 heavy (non-hydrogen) atoms. The fraction of sp³-hybridized carbons (Fsp3) is 0.500. The van der Waals surface area contributed by atoms with E-state index in [0.29, 0.717) is 0 Å². The number of nitrogens with zero attached hydrogens (tertiary/aromatic N) is 3. The molecule has 2 aromatic rings. The Labute approximate surface area is 178 Å². The predicted octanol–water partition coefficient (Wildman–Crippen LogP) is 3.02. The summed E-state index contributed by atoms with van der Waals surface area (Å²) in [6.45, 7) is 10.1. The fourth-order valence-corrected chi connectivity index (χ4v) is 4.06. The Kier molecular flexibility index (Phi) is 8.64. The molecule has 0 aliphatic carbocycles. The van der Waals surface area contributed by atoms with Gasteiger partial charge in [0.25, 0.3) is 0 Å². The molecule has 2 N–H and O–H groups in total. The highest BCUT2D eigenvalue weighted by Gasteiger charge is 2.16. The van der Waals surface area contributed by atoms with Crippen LogP contribution in [0.3, 0.4) is 0 Å². The minimum absolute atomic E-state index is 0.736. The second kappa shape index (κ2) is 11.7. The van der Waals surface area contributed by atoms with Crippen molar-refractivity contribution < 1.29 is 4.74 Å². The van der Waals surface area contributed by atoms with Crippen molar-refractivity contribution in [3.8, 4) is 5.75 Å². The van der Waals surface area contributed by atoms with Crippen molar-refractivity contribution in [2.24, 2.45) is 4.99 Å². The molecule has 0 unspecified atom stereocenters. The number of ether oxygens (including phenoxy) is 1. The van der Waals surface area contributed by atoms with Gasteiger partial charge in [-0.25, -0.2) is 4.99 Å². The lowest BCUT2D eigenvalue weighted by molar-refractivity contribution is 0.255. The van der Waals surface area contributed by atoms with Crippen LogP contribution in [0.4, 0.5) is 5.69 Å². The number of nitrogens with one attached hydrogen (secondary N) is 2. The van der Waals surface area contributed by atoms with E-state index in [0.717, 1.165) is 70.5 Å². The van der Waals surface area contributed by atoms with E-state index in [2.05, 4.69) is 62.0 Å². The van der Waals surface area contributed by atoms with Crippen LogP contribution in [0.5, 0.6) is 5.75 Å². The molecular weight excluding hydrogens is 382 g/mol. The highest BCUT2D eigenvalue weighted by atomic mass is 32.1. The molecule has 6 nitrogen and oxygen atoms in total. The van der Waals surface area contributed by atoms with Crippen molar-refractivity contribution in [2.45, 2.75) is 19.9 Å². The zero-order valence-corrected chi connectivity index (χ0v) is 18.4. The van der Waals surface area contributed by atoms with Gasteiger partial charge in [0.15, 0.2) is 5.96 Å². The topological polar surface area (TPSA) is 52.1 Å². The number of hydrogen-bond acceptors (Lipinski definition) is 5. The van der Waals surface area contributed by atoms with Crippen LogP contribution in [0.25, 0.3) is 0 Å². The summed E-state index contributed by atoms with van der Waals surface area (Å²) < 4.78 is 5.25. The fourth-order valence-electron chi connectivity index (χ4n) is 3.43. The summed E-state index contributed by atoms with van der Waals surface area (Å²) in [5, 5.41) is 8.89. The molecule has 0 bridgehead atoms. The van der Waals surface area contributed by atoms with Gasteiger partial charge < -0.3 is 20.3 Å². The van der Waals surface area contributed by atoms with E-state index in [1.54, 1.807) is 18.4 Å². The average Bonchev–Trinajstić information content (AvgIpc) is 3.29. The Morgan fingerprint density at radius 3 is 2.55 bits per heavy atom. The molecule has 0 saturated carbocycles. The largest absolute Gasteiger partial charge is 0.497 e. The molecule has 1 aromatic heterocycles. The van der Waals surface area contributed by atoms with Crippen LogP contribution < -0.4 is 20.3 Å². The van der Waals surface area contributed by atoms with E-state index in [9.17, 15) is 0 Å². The SMILES string of the molecule is CCNC(=NCc1cccs1)NCCCN1CCN(c2ccc(OC)cc2)CC1. The predicted molar refractivity (Wildman–Crippen MR) is 123 cm³/mol. The lowest BCUT2D eigenvalue weighted by atomic mass is 10.2. The van der Waals surface area contributed by atoms with Crippen molar-refractivity contribution in [2.75, 3.05) is 57.8 Å². The maximum Gasteiger partial charge on any atom is 0.191 e. The van der Waals surface area contributed by atoms with Crippen LogP contribution in [-0.4, -0.2) is 63.8 Å². The first-order valence-corrected chi connectivity index (χ1v) is 11.3. The molecule has 1 aliphatic rings. The molecule has 1 saturated heterocycles. The monoisotopic (exact) mass is 415 g/mol. The van der Waals surface area contributed by atoms with E-state index in [1.165, 1.54) is 10.6 Å². The Balaban J connectivity index is 1.34. The van der Waals surface area contributed by atoms with Crippen LogP contribution in [0.1, 0.15) is 18.2 Å². The number of anilines is 1. The van der Waals surface area contributed by atoms with Crippen LogP contribution >= 0.6 is 11.3 Å². The van der Waals surface area contributed by atoms with Gasteiger partial charge in [0.05, 0.1) is 13.7 Å². The minimum Gasteiger partial charge on any atom is -0.497 e. The molecule has 0 radical (unpaired) electrons. The van der Waals surface area contributed by atoms with Crippen molar-refractivity contribution in [3.63, 3.8) is 0 Å². The molecule has 0 spiro atoms. The molecule has 7 heteroatoms. The summed E-state index contributed by atoms with van der Waals surface area (Å²) in [6.07, 6.45) is 1.12. The van der Waals surface area contributed by atoms with E-state index in [4.69, 9.17) is 4.74 Å². The maximum atomic E-state index is 5.25. The van der Waals surface area contributed by atoms with Crippen molar-refractivity contribution in [3.05, 3.63) is 46.7 Å². The van der Waals surface area contributed by atoms with E-state index < -0.39 is 0 Å². The normalized spacial score (nSPS) is 15.4.